The van der Waals surface area contributed by atoms with Crippen molar-refractivity contribution in [3.63, 3.8) is 0 Å². The molecule has 3 N–H and O–H groups in total. The van der Waals surface area contributed by atoms with Crippen LogP contribution in [0.2, 0.25) is 0 Å². The Morgan fingerprint density at radius 3 is 2.78 bits per heavy atom. The lowest BCUT2D eigenvalue weighted by Gasteiger charge is -2.06. The topological polar surface area (TPSA) is 85.4 Å². The molecule has 0 fully saturated rings. The zero-order chi connectivity index (χ0) is 16.7. The molecule has 6 heteroatoms. The highest BCUT2D eigenvalue weighted by atomic mass is 19.1. The molecule has 0 spiro atoms. The number of halogens is 1. The highest BCUT2D eigenvalue weighted by Gasteiger charge is 2.08. The van der Waals surface area contributed by atoms with Crippen molar-refractivity contribution in [2.24, 2.45) is 5.73 Å². The summed E-state index contributed by atoms with van der Waals surface area (Å²) in [7, 11) is 0. The molecule has 0 saturated heterocycles. The Morgan fingerprint density at radius 1 is 1.35 bits per heavy atom. The third-order valence-corrected chi connectivity index (χ3v) is 2.94. The SMILES string of the molecule is N[C@@H](CC#Cc1ccc(OCc2ccccc2F)cn1)C(=O)O. The molecule has 1 heterocycles. The highest BCUT2D eigenvalue weighted by molar-refractivity contribution is 5.73. The summed E-state index contributed by atoms with van der Waals surface area (Å²) in [5.41, 5.74) is 6.27. The number of aromatic nitrogens is 1. The Bertz CT molecular complexity index is 735. The molecule has 5 nitrogen and oxygen atoms in total. The van der Waals surface area contributed by atoms with E-state index < -0.39 is 12.0 Å². The summed E-state index contributed by atoms with van der Waals surface area (Å²) in [5, 5.41) is 8.64. The van der Waals surface area contributed by atoms with Gasteiger partial charge in [0.2, 0.25) is 0 Å². The van der Waals surface area contributed by atoms with Crippen molar-refractivity contribution in [1.82, 2.24) is 4.98 Å². The average molecular weight is 314 g/mol. The van der Waals surface area contributed by atoms with Gasteiger partial charge in [0.1, 0.15) is 29.9 Å². The first-order valence-electron chi connectivity index (χ1n) is 6.86. The summed E-state index contributed by atoms with van der Waals surface area (Å²) in [4.78, 5) is 14.6. The second-order valence-corrected chi connectivity index (χ2v) is 4.71. The number of rotatable bonds is 5. The van der Waals surface area contributed by atoms with E-state index in [0.29, 0.717) is 17.0 Å². The molecule has 0 aliphatic rings. The second kappa shape index (κ2) is 7.92. The Kier molecular flexibility index (Phi) is 5.67. The van der Waals surface area contributed by atoms with Gasteiger partial charge in [-0.15, -0.1) is 0 Å². The molecule has 23 heavy (non-hydrogen) atoms. The first kappa shape index (κ1) is 16.5. The number of benzene rings is 1. The summed E-state index contributed by atoms with van der Waals surface area (Å²) >= 11 is 0. The number of pyridine rings is 1. The number of aliphatic carboxylic acids is 1. The number of hydrogen-bond donors (Lipinski definition) is 2. The van der Waals surface area contributed by atoms with Crippen LogP contribution in [-0.4, -0.2) is 22.1 Å². The number of carboxylic acids is 1. The van der Waals surface area contributed by atoms with Crippen LogP contribution in [-0.2, 0) is 11.4 Å². The van der Waals surface area contributed by atoms with Crippen molar-refractivity contribution < 1.29 is 19.0 Å². The molecule has 0 aliphatic heterocycles. The molecule has 0 bridgehead atoms. The minimum atomic E-state index is -1.09. The fraction of sp³-hybridized carbons (Fsp3) is 0.176. The zero-order valence-corrected chi connectivity index (χ0v) is 12.2. The molecule has 2 rings (SSSR count). The zero-order valence-electron chi connectivity index (χ0n) is 12.2. The van der Waals surface area contributed by atoms with E-state index in [1.54, 1.807) is 30.3 Å². The van der Waals surface area contributed by atoms with Crippen LogP contribution in [0.1, 0.15) is 17.7 Å². The number of hydrogen-bond acceptors (Lipinski definition) is 4. The normalized spacial score (nSPS) is 11.2. The van der Waals surface area contributed by atoms with Crippen LogP contribution in [0, 0.1) is 17.7 Å². The van der Waals surface area contributed by atoms with Crippen LogP contribution >= 0.6 is 0 Å². The summed E-state index contributed by atoms with van der Waals surface area (Å²) in [6.07, 6.45) is 1.52. The smallest absolute Gasteiger partial charge is 0.321 e. The van der Waals surface area contributed by atoms with Crippen LogP contribution in [0.15, 0.2) is 42.6 Å². The monoisotopic (exact) mass is 314 g/mol. The van der Waals surface area contributed by atoms with Gasteiger partial charge in [0.05, 0.1) is 6.20 Å². The van der Waals surface area contributed by atoms with Crippen LogP contribution in [0.4, 0.5) is 4.39 Å². The van der Waals surface area contributed by atoms with Crippen LogP contribution < -0.4 is 10.5 Å². The van der Waals surface area contributed by atoms with Crippen molar-refractivity contribution >= 4 is 5.97 Å². The van der Waals surface area contributed by atoms with E-state index in [1.807, 2.05) is 0 Å². The van der Waals surface area contributed by atoms with E-state index in [4.69, 9.17) is 15.6 Å². The summed E-state index contributed by atoms with van der Waals surface area (Å²) < 4.78 is 18.9. The van der Waals surface area contributed by atoms with E-state index in [2.05, 4.69) is 16.8 Å². The molecule has 1 aromatic carbocycles. The molecule has 0 aliphatic carbocycles. The standard InChI is InChI=1S/C17H15FN2O3/c18-15-6-2-1-4-12(15)11-23-14-9-8-13(20-10-14)5-3-7-16(19)17(21)22/h1-2,4,6,8-10,16H,7,11,19H2,(H,21,22)/t16-/m0/s1. The Morgan fingerprint density at radius 2 is 2.13 bits per heavy atom. The maximum absolute atomic E-state index is 13.5. The van der Waals surface area contributed by atoms with Gasteiger partial charge in [-0.05, 0) is 24.1 Å². The molecule has 0 unspecified atom stereocenters. The van der Waals surface area contributed by atoms with Gasteiger partial charge < -0.3 is 15.6 Å². The third-order valence-electron chi connectivity index (χ3n) is 2.94. The highest BCUT2D eigenvalue weighted by Crippen LogP contribution is 2.13. The fourth-order valence-corrected chi connectivity index (χ4v) is 1.66. The van der Waals surface area contributed by atoms with E-state index >= 15 is 0 Å². The maximum Gasteiger partial charge on any atom is 0.321 e. The van der Waals surface area contributed by atoms with Crippen molar-refractivity contribution in [1.29, 1.82) is 0 Å². The van der Waals surface area contributed by atoms with Gasteiger partial charge in [-0.2, -0.15) is 0 Å². The molecular formula is C17H15FN2O3. The first-order chi connectivity index (χ1) is 11.1. The molecule has 0 radical (unpaired) electrons. The van der Waals surface area contributed by atoms with Crippen molar-refractivity contribution in [2.45, 2.75) is 19.1 Å². The van der Waals surface area contributed by atoms with Crippen LogP contribution in [0.3, 0.4) is 0 Å². The number of carbonyl (C=O) groups is 1. The number of nitrogens with two attached hydrogens (primary N) is 1. The molecular weight excluding hydrogens is 299 g/mol. The molecule has 2 aromatic rings. The van der Waals surface area contributed by atoms with Crippen molar-refractivity contribution in [3.05, 3.63) is 59.7 Å². The predicted molar refractivity (Wildman–Crippen MR) is 82.1 cm³/mol. The molecule has 0 saturated carbocycles. The van der Waals surface area contributed by atoms with Crippen LogP contribution in [0.25, 0.3) is 0 Å². The molecule has 0 amide bonds. The Hall–Kier alpha value is -2.91. The van der Waals surface area contributed by atoms with Gasteiger partial charge >= 0.3 is 5.97 Å². The predicted octanol–water partition coefficient (Wildman–Crippen LogP) is 1.95. The second-order valence-electron chi connectivity index (χ2n) is 4.71. The molecule has 1 atom stereocenters. The van der Waals surface area contributed by atoms with Crippen molar-refractivity contribution in [3.8, 4) is 17.6 Å². The minimum Gasteiger partial charge on any atom is -0.487 e. The van der Waals surface area contributed by atoms with Gasteiger partial charge in [0, 0.05) is 12.0 Å². The largest absolute Gasteiger partial charge is 0.487 e. The quantitative estimate of drug-likeness (QED) is 0.824. The Balaban J connectivity index is 1.91. The van der Waals surface area contributed by atoms with E-state index in [1.165, 1.54) is 12.3 Å². The lowest BCUT2D eigenvalue weighted by Crippen LogP contribution is -2.29. The van der Waals surface area contributed by atoms with Crippen molar-refractivity contribution in [2.75, 3.05) is 0 Å². The van der Waals surface area contributed by atoms with Gasteiger partial charge in [-0.25, -0.2) is 9.37 Å². The molecule has 118 valence electrons. The van der Waals surface area contributed by atoms with Gasteiger partial charge in [-0.3, -0.25) is 4.79 Å². The first-order valence-corrected chi connectivity index (χ1v) is 6.86. The third kappa shape index (κ3) is 5.09. The van der Waals surface area contributed by atoms with Gasteiger partial charge in [0.25, 0.3) is 0 Å². The number of nitrogens with zero attached hydrogens (tertiary/aromatic N) is 1. The van der Waals surface area contributed by atoms with Gasteiger partial charge in [-0.1, -0.05) is 24.1 Å². The average Bonchev–Trinajstić information content (AvgIpc) is 2.55. The summed E-state index contributed by atoms with van der Waals surface area (Å²) in [6, 6.07) is 8.66. The lowest BCUT2D eigenvalue weighted by atomic mass is 10.2. The number of carboxylic acid groups (broad SMARTS) is 1. The summed E-state index contributed by atoms with van der Waals surface area (Å²) in [5.74, 6) is 4.45. The van der Waals surface area contributed by atoms with E-state index in [0.717, 1.165) is 0 Å². The number of ether oxygens (including phenoxy) is 1. The van der Waals surface area contributed by atoms with Crippen LogP contribution in [0.5, 0.6) is 5.75 Å². The van der Waals surface area contributed by atoms with E-state index in [-0.39, 0.29) is 18.8 Å². The van der Waals surface area contributed by atoms with E-state index in [9.17, 15) is 9.18 Å². The minimum absolute atomic E-state index is 0.0442. The Labute approximate surface area is 132 Å². The lowest BCUT2D eigenvalue weighted by molar-refractivity contribution is -0.138. The fourth-order valence-electron chi connectivity index (χ4n) is 1.66. The maximum atomic E-state index is 13.5. The molecule has 1 aromatic heterocycles. The van der Waals surface area contributed by atoms with Gasteiger partial charge in [0.15, 0.2) is 0 Å². The summed E-state index contributed by atoms with van der Waals surface area (Å²) in [6.45, 7) is 0.104.